The minimum atomic E-state index is -0.335. The quantitative estimate of drug-likeness (QED) is 0.204. The first-order valence-corrected chi connectivity index (χ1v) is 9.43. The standard InChI is InChI=1S/C21H38O2/c1-5-6-7-8-9-10-11-12-13-14-15-16-17-18-19-21(2,3)20(22)23-4/h9-10,12-13H,5-8,11,14-19H2,1-4H3/b10-9-,13-12-. The second-order valence-electron chi connectivity index (χ2n) is 7.00. The van der Waals surface area contributed by atoms with Crippen LogP contribution in [0.2, 0.25) is 0 Å². The second kappa shape index (κ2) is 14.5. The van der Waals surface area contributed by atoms with E-state index < -0.39 is 0 Å². The van der Waals surface area contributed by atoms with Crippen molar-refractivity contribution < 1.29 is 9.53 Å². The van der Waals surface area contributed by atoms with Crippen LogP contribution in [0.3, 0.4) is 0 Å². The molecular formula is C21H38O2. The molecule has 2 nitrogen and oxygen atoms in total. The molecule has 0 fully saturated rings. The largest absolute Gasteiger partial charge is 0.469 e. The lowest BCUT2D eigenvalue weighted by molar-refractivity contribution is -0.151. The summed E-state index contributed by atoms with van der Waals surface area (Å²) in [5.74, 6) is -0.0943. The lowest BCUT2D eigenvalue weighted by Crippen LogP contribution is -2.25. The number of allylic oxidation sites excluding steroid dienone is 4. The SMILES string of the molecule is CCCCC/C=C\C/C=C\CCCCCCC(C)(C)C(=O)OC. The Morgan fingerprint density at radius 2 is 1.43 bits per heavy atom. The van der Waals surface area contributed by atoms with Crippen LogP contribution in [-0.2, 0) is 9.53 Å². The maximum absolute atomic E-state index is 11.6. The maximum Gasteiger partial charge on any atom is 0.311 e. The Morgan fingerprint density at radius 3 is 2.00 bits per heavy atom. The smallest absolute Gasteiger partial charge is 0.311 e. The molecule has 0 spiro atoms. The molecule has 0 aromatic heterocycles. The molecule has 0 rings (SSSR count). The zero-order valence-electron chi connectivity index (χ0n) is 15.9. The van der Waals surface area contributed by atoms with E-state index in [1.54, 1.807) is 0 Å². The van der Waals surface area contributed by atoms with Gasteiger partial charge in [0.15, 0.2) is 0 Å². The fourth-order valence-corrected chi connectivity index (χ4v) is 2.58. The zero-order chi connectivity index (χ0) is 17.4. The van der Waals surface area contributed by atoms with Gasteiger partial charge in [-0.05, 0) is 52.4 Å². The summed E-state index contributed by atoms with van der Waals surface area (Å²) >= 11 is 0. The van der Waals surface area contributed by atoms with Gasteiger partial charge in [0.25, 0.3) is 0 Å². The molecule has 0 bridgehead atoms. The molecule has 0 atom stereocenters. The summed E-state index contributed by atoms with van der Waals surface area (Å²) in [5.41, 5.74) is -0.335. The fraction of sp³-hybridized carbons (Fsp3) is 0.762. The van der Waals surface area contributed by atoms with Gasteiger partial charge >= 0.3 is 5.97 Å². The molecule has 0 saturated heterocycles. The number of rotatable bonds is 14. The van der Waals surface area contributed by atoms with E-state index in [1.807, 2.05) is 13.8 Å². The minimum absolute atomic E-state index is 0.0943. The Balaban J connectivity index is 3.45. The van der Waals surface area contributed by atoms with E-state index in [2.05, 4.69) is 31.2 Å². The normalized spacial score (nSPS) is 12.3. The third-order valence-corrected chi connectivity index (χ3v) is 4.24. The molecule has 0 aliphatic rings. The Bertz CT molecular complexity index is 340. The van der Waals surface area contributed by atoms with Crippen molar-refractivity contribution in [3.05, 3.63) is 24.3 Å². The molecule has 0 N–H and O–H groups in total. The lowest BCUT2D eigenvalue weighted by atomic mass is 9.87. The van der Waals surface area contributed by atoms with Crippen molar-refractivity contribution in [2.24, 2.45) is 5.41 Å². The molecule has 2 heteroatoms. The van der Waals surface area contributed by atoms with Gasteiger partial charge < -0.3 is 4.74 Å². The second-order valence-corrected chi connectivity index (χ2v) is 7.00. The number of esters is 1. The highest BCUT2D eigenvalue weighted by atomic mass is 16.5. The van der Waals surface area contributed by atoms with E-state index >= 15 is 0 Å². The monoisotopic (exact) mass is 322 g/mol. The van der Waals surface area contributed by atoms with Gasteiger partial charge in [-0.25, -0.2) is 0 Å². The molecule has 0 amide bonds. The first-order chi connectivity index (χ1) is 11.0. The van der Waals surface area contributed by atoms with Crippen LogP contribution in [-0.4, -0.2) is 13.1 Å². The number of hydrogen-bond acceptors (Lipinski definition) is 2. The summed E-state index contributed by atoms with van der Waals surface area (Å²) in [7, 11) is 1.47. The molecule has 0 aliphatic carbocycles. The first kappa shape index (κ1) is 21.9. The average molecular weight is 323 g/mol. The topological polar surface area (TPSA) is 26.3 Å². The fourth-order valence-electron chi connectivity index (χ4n) is 2.58. The number of unbranched alkanes of at least 4 members (excludes halogenated alkanes) is 7. The number of carbonyl (C=O) groups excluding carboxylic acids is 1. The first-order valence-electron chi connectivity index (χ1n) is 9.43. The summed E-state index contributed by atoms with van der Waals surface area (Å²) in [6.07, 6.45) is 22.3. The van der Waals surface area contributed by atoms with Gasteiger partial charge in [-0.15, -0.1) is 0 Å². The summed E-state index contributed by atoms with van der Waals surface area (Å²) in [5, 5.41) is 0. The Hall–Kier alpha value is -1.05. The Kier molecular flexibility index (Phi) is 13.9. The Labute approximate surface area is 144 Å². The third kappa shape index (κ3) is 13.1. The molecule has 0 aromatic rings. The van der Waals surface area contributed by atoms with Crippen LogP contribution in [0.5, 0.6) is 0 Å². The van der Waals surface area contributed by atoms with Crippen molar-refractivity contribution in [1.82, 2.24) is 0 Å². The van der Waals surface area contributed by atoms with Gasteiger partial charge in [-0.2, -0.15) is 0 Å². The average Bonchev–Trinajstić information content (AvgIpc) is 2.54. The van der Waals surface area contributed by atoms with Crippen molar-refractivity contribution >= 4 is 5.97 Å². The van der Waals surface area contributed by atoms with Gasteiger partial charge in [0, 0.05) is 0 Å². The molecule has 0 heterocycles. The van der Waals surface area contributed by atoms with Gasteiger partial charge in [0.1, 0.15) is 0 Å². The van der Waals surface area contributed by atoms with E-state index in [0.29, 0.717) is 0 Å². The Morgan fingerprint density at radius 1 is 0.870 bits per heavy atom. The molecule has 134 valence electrons. The van der Waals surface area contributed by atoms with Crippen LogP contribution < -0.4 is 0 Å². The van der Waals surface area contributed by atoms with E-state index in [0.717, 1.165) is 19.3 Å². The van der Waals surface area contributed by atoms with Crippen molar-refractivity contribution in [1.29, 1.82) is 0 Å². The summed E-state index contributed by atoms with van der Waals surface area (Å²) < 4.78 is 4.83. The maximum atomic E-state index is 11.6. The summed E-state index contributed by atoms with van der Waals surface area (Å²) in [6, 6.07) is 0. The molecule has 0 radical (unpaired) electrons. The zero-order valence-corrected chi connectivity index (χ0v) is 15.9. The summed E-state index contributed by atoms with van der Waals surface area (Å²) in [6.45, 7) is 6.18. The van der Waals surface area contributed by atoms with Crippen LogP contribution in [0.15, 0.2) is 24.3 Å². The number of hydrogen-bond donors (Lipinski definition) is 0. The highest BCUT2D eigenvalue weighted by molar-refractivity contribution is 5.75. The summed E-state index contributed by atoms with van der Waals surface area (Å²) in [4.78, 5) is 11.6. The van der Waals surface area contributed by atoms with E-state index in [9.17, 15) is 4.79 Å². The van der Waals surface area contributed by atoms with Crippen molar-refractivity contribution in [3.8, 4) is 0 Å². The van der Waals surface area contributed by atoms with Gasteiger partial charge in [-0.3, -0.25) is 4.79 Å². The highest BCUT2D eigenvalue weighted by Crippen LogP contribution is 2.25. The minimum Gasteiger partial charge on any atom is -0.469 e. The molecule has 23 heavy (non-hydrogen) atoms. The van der Waals surface area contributed by atoms with Crippen LogP contribution in [0.4, 0.5) is 0 Å². The van der Waals surface area contributed by atoms with Crippen LogP contribution >= 0.6 is 0 Å². The van der Waals surface area contributed by atoms with Crippen LogP contribution in [0.25, 0.3) is 0 Å². The molecule has 0 unspecified atom stereocenters. The molecule has 0 saturated carbocycles. The number of methoxy groups -OCH3 is 1. The lowest BCUT2D eigenvalue weighted by Gasteiger charge is -2.20. The number of carbonyl (C=O) groups is 1. The van der Waals surface area contributed by atoms with Crippen LogP contribution in [0.1, 0.15) is 91.4 Å². The molecule has 0 aliphatic heterocycles. The van der Waals surface area contributed by atoms with Gasteiger partial charge in [0.2, 0.25) is 0 Å². The van der Waals surface area contributed by atoms with E-state index in [4.69, 9.17) is 4.74 Å². The van der Waals surface area contributed by atoms with Crippen molar-refractivity contribution in [2.75, 3.05) is 7.11 Å². The highest BCUT2D eigenvalue weighted by Gasteiger charge is 2.27. The van der Waals surface area contributed by atoms with Crippen molar-refractivity contribution in [3.63, 3.8) is 0 Å². The predicted octanol–water partition coefficient (Wildman–Crippen LogP) is 6.61. The van der Waals surface area contributed by atoms with Crippen LogP contribution in [0, 0.1) is 5.41 Å². The molecule has 0 aromatic carbocycles. The third-order valence-electron chi connectivity index (χ3n) is 4.24. The van der Waals surface area contributed by atoms with Gasteiger partial charge in [0.05, 0.1) is 12.5 Å². The van der Waals surface area contributed by atoms with Gasteiger partial charge in [-0.1, -0.05) is 63.3 Å². The van der Waals surface area contributed by atoms with E-state index in [-0.39, 0.29) is 11.4 Å². The molecular weight excluding hydrogens is 284 g/mol. The van der Waals surface area contributed by atoms with Crippen molar-refractivity contribution in [2.45, 2.75) is 91.4 Å². The van der Waals surface area contributed by atoms with E-state index in [1.165, 1.54) is 58.5 Å². The number of ether oxygens (including phenoxy) is 1. The predicted molar refractivity (Wildman–Crippen MR) is 101 cm³/mol.